The maximum absolute atomic E-state index is 6.11. The summed E-state index contributed by atoms with van der Waals surface area (Å²) in [5.74, 6) is 0.993. The van der Waals surface area contributed by atoms with Crippen molar-refractivity contribution in [2.24, 2.45) is 0 Å². The molecule has 2 aromatic carbocycles. The van der Waals surface area contributed by atoms with E-state index in [0.717, 1.165) is 25.1 Å². The van der Waals surface area contributed by atoms with Gasteiger partial charge in [-0.05, 0) is 37.8 Å². The lowest BCUT2D eigenvalue weighted by Crippen LogP contribution is -2.25. The van der Waals surface area contributed by atoms with Crippen molar-refractivity contribution in [2.75, 3.05) is 6.54 Å². The molecule has 1 unspecified atom stereocenters. The summed E-state index contributed by atoms with van der Waals surface area (Å²) in [5.41, 5.74) is 0. The van der Waals surface area contributed by atoms with Crippen LogP contribution in [0.15, 0.2) is 42.5 Å². The predicted octanol–water partition coefficient (Wildman–Crippen LogP) is 4.39. The second-order valence-electron chi connectivity index (χ2n) is 5.66. The molecule has 1 N–H and O–H groups in total. The topological polar surface area (TPSA) is 21.3 Å². The largest absolute Gasteiger partial charge is 0.490 e. The fraction of sp³-hybridized carbons (Fsp3) is 0.444. The summed E-state index contributed by atoms with van der Waals surface area (Å²) in [6.45, 7) is 7.56. The zero-order chi connectivity index (χ0) is 14.4. The third kappa shape index (κ3) is 4.24. The molecule has 2 rings (SSSR count). The molecule has 0 aromatic heterocycles. The molecule has 0 fully saturated rings. The molecule has 0 aliphatic carbocycles. The Labute approximate surface area is 122 Å². The van der Waals surface area contributed by atoms with Crippen LogP contribution in [-0.4, -0.2) is 18.7 Å². The molecule has 0 saturated heterocycles. The Morgan fingerprint density at radius 2 is 1.75 bits per heavy atom. The van der Waals surface area contributed by atoms with Gasteiger partial charge in [-0.3, -0.25) is 0 Å². The quantitative estimate of drug-likeness (QED) is 0.754. The van der Waals surface area contributed by atoms with Crippen LogP contribution in [0.4, 0.5) is 0 Å². The fourth-order valence-electron chi connectivity index (χ4n) is 2.35. The van der Waals surface area contributed by atoms with E-state index in [9.17, 15) is 0 Å². The Hall–Kier alpha value is -1.54. The Balaban J connectivity index is 1.91. The van der Waals surface area contributed by atoms with Crippen LogP contribution < -0.4 is 10.1 Å². The van der Waals surface area contributed by atoms with E-state index >= 15 is 0 Å². The van der Waals surface area contributed by atoms with Crippen LogP contribution in [-0.2, 0) is 0 Å². The number of hydrogen-bond donors (Lipinski definition) is 1. The van der Waals surface area contributed by atoms with Crippen LogP contribution in [0, 0.1) is 0 Å². The van der Waals surface area contributed by atoms with Crippen molar-refractivity contribution in [2.45, 2.75) is 45.8 Å². The maximum atomic E-state index is 6.11. The molecule has 0 aliphatic heterocycles. The van der Waals surface area contributed by atoms with Gasteiger partial charge in [-0.1, -0.05) is 50.2 Å². The van der Waals surface area contributed by atoms with Crippen molar-refractivity contribution < 1.29 is 4.74 Å². The van der Waals surface area contributed by atoms with Crippen LogP contribution >= 0.6 is 0 Å². The molecule has 108 valence electrons. The van der Waals surface area contributed by atoms with Crippen LogP contribution in [0.5, 0.6) is 5.75 Å². The second-order valence-corrected chi connectivity index (χ2v) is 5.66. The van der Waals surface area contributed by atoms with E-state index in [1.807, 2.05) is 0 Å². The number of rotatable bonds is 7. The lowest BCUT2D eigenvalue weighted by Gasteiger charge is -2.17. The summed E-state index contributed by atoms with van der Waals surface area (Å²) in [7, 11) is 0. The first-order valence-corrected chi connectivity index (χ1v) is 7.54. The van der Waals surface area contributed by atoms with Gasteiger partial charge in [0, 0.05) is 11.4 Å². The summed E-state index contributed by atoms with van der Waals surface area (Å²) < 4.78 is 6.11. The SMILES string of the molecule is CC(C)NCCCC(C)Oc1cccc2ccccc12. The van der Waals surface area contributed by atoms with Gasteiger partial charge in [-0.15, -0.1) is 0 Å². The highest BCUT2D eigenvalue weighted by Gasteiger charge is 2.07. The van der Waals surface area contributed by atoms with Gasteiger partial charge in [0.2, 0.25) is 0 Å². The standard InChI is InChI=1S/C18H25NO/c1-14(2)19-13-7-8-15(3)20-18-12-6-10-16-9-4-5-11-17(16)18/h4-6,9-12,14-15,19H,7-8,13H2,1-3H3. The van der Waals surface area contributed by atoms with Gasteiger partial charge in [0.1, 0.15) is 5.75 Å². The van der Waals surface area contributed by atoms with E-state index in [1.165, 1.54) is 10.8 Å². The molecule has 0 aliphatic rings. The lowest BCUT2D eigenvalue weighted by atomic mass is 10.1. The predicted molar refractivity (Wildman–Crippen MR) is 86.4 cm³/mol. The number of nitrogens with one attached hydrogen (secondary N) is 1. The average Bonchev–Trinajstić information content (AvgIpc) is 2.44. The zero-order valence-corrected chi connectivity index (χ0v) is 12.7. The smallest absolute Gasteiger partial charge is 0.127 e. The van der Waals surface area contributed by atoms with E-state index in [-0.39, 0.29) is 6.10 Å². The number of benzene rings is 2. The van der Waals surface area contributed by atoms with Gasteiger partial charge in [0.05, 0.1) is 6.10 Å². The molecular formula is C18H25NO. The Bertz CT molecular complexity index is 530. The highest BCUT2D eigenvalue weighted by atomic mass is 16.5. The molecule has 2 nitrogen and oxygen atoms in total. The second kappa shape index (κ2) is 7.30. The zero-order valence-electron chi connectivity index (χ0n) is 12.7. The molecular weight excluding hydrogens is 246 g/mol. The van der Waals surface area contributed by atoms with Gasteiger partial charge >= 0.3 is 0 Å². The van der Waals surface area contributed by atoms with Crippen molar-refractivity contribution in [3.05, 3.63) is 42.5 Å². The molecule has 0 radical (unpaired) electrons. The molecule has 0 bridgehead atoms. The summed E-state index contributed by atoms with van der Waals surface area (Å²) in [5, 5.41) is 5.87. The van der Waals surface area contributed by atoms with Crippen molar-refractivity contribution >= 4 is 10.8 Å². The number of ether oxygens (including phenoxy) is 1. The first-order chi connectivity index (χ1) is 9.66. The summed E-state index contributed by atoms with van der Waals surface area (Å²) >= 11 is 0. The molecule has 1 atom stereocenters. The maximum Gasteiger partial charge on any atom is 0.127 e. The van der Waals surface area contributed by atoms with E-state index in [0.29, 0.717) is 6.04 Å². The molecule has 0 heterocycles. The third-order valence-corrected chi connectivity index (χ3v) is 3.42. The summed E-state index contributed by atoms with van der Waals surface area (Å²) in [6.07, 6.45) is 2.46. The van der Waals surface area contributed by atoms with Gasteiger partial charge in [-0.25, -0.2) is 0 Å². The molecule has 2 heteroatoms. The molecule has 0 amide bonds. The Morgan fingerprint density at radius 3 is 2.55 bits per heavy atom. The fourth-order valence-corrected chi connectivity index (χ4v) is 2.35. The third-order valence-electron chi connectivity index (χ3n) is 3.42. The highest BCUT2D eigenvalue weighted by molar-refractivity contribution is 5.88. The van der Waals surface area contributed by atoms with Crippen LogP contribution in [0.2, 0.25) is 0 Å². The van der Waals surface area contributed by atoms with Gasteiger partial charge in [-0.2, -0.15) is 0 Å². The number of hydrogen-bond acceptors (Lipinski definition) is 2. The van der Waals surface area contributed by atoms with Crippen molar-refractivity contribution in [3.63, 3.8) is 0 Å². The number of fused-ring (bicyclic) bond motifs is 1. The summed E-state index contributed by atoms with van der Waals surface area (Å²) in [6, 6.07) is 15.2. The molecule has 2 aromatic rings. The average molecular weight is 271 g/mol. The van der Waals surface area contributed by atoms with Crippen LogP contribution in [0.1, 0.15) is 33.6 Å². The van der Waals surface area contributed by atoms with Crippen LogP contribution in [0.25, 0.3) is 10.8 Å². The van der Waals surface area contributed by atoms with Crippen molar-refractivity contribution in [1.82, 2.24) is 5.32 Å². The first-order valence-electron chi connectivity index (χ1n) is 7.54. The Morgan fingerprint density at radius 1 is 1.00 bits per heavy atom. The van der Waals surface area contributed by atoms with Crippen LogP contribution in [0.3, 0.4) is 0 Å². The minimum absolute atomic E-state index is 0.245. The summed E-state index contributed by atoms with van der Waals surface area (Å²) in [4.78, 5) is 0. The monoisotopic (exact) mass is 271 g/mol. The van der Waals surface area contributed by atoms with Gasteiger partial charge in [0.25, 0.3) is 0 Å². The van der Waals surface area contributed by atoms with Gasteiger partial charge < -0.3 is 10.1 Å². The van der Waals surface area contributed by atoms with Crippen molar-refractivity contribution in [1.29, 1.82) is 0 Å². The van der Waals surface area contributed by atoms with E-state index in [1.54, 1.807) is 0 Å². The lowest BCUT2D eigenvalue weighted by molar-refractivity contribution is 0.209. The normalized spacial score (nSPS) is 12.8. The van der Waals surface area contributed by atoms with Crippen molar-refractivity contribution in [3.8, 4) is 5.75 Å². The highest BCUT2D eigenvalue weighted by Crippen LogP contribution is 2.26. The molecule has 20 heavy (non-hydrogen) atoms. The van der Waals surface area contributed by atoms with E-state index in [4.69, 9.17) is 4.74 Å². The van der Waals surface area contributed by atoms with E-state index < -0.39 is 0 Å². The minimum Gasteiger partial charge on any atom is -0.490 e. The molecule has 0 spiro atoms. The molecule has 0 saturated carbocycles. The first kappa shape index (κ1) is 14.9. The minimum atomic E-state index is 0.245. The van der Waals surface area contributed by atoms with E-state index in [2.05, 4.69) is 68.6 Å². The Kier molecular flexibility index (Phi) is 5.42. The van der Waals surface area contributed by atoms with Gasteiger partial charge in [0.15, 0.2) is 0 Å².